The fourth-order valence-corrected chi connectivity index (χ4v) is 2.62. The van der Waals surface area contributed by atoms with Gasteiger partial charge in [-0.1, -0.05) is 18.2 Å². The SMILES string of the molecule is Cc1cc(C)cc(NCCc2nc(-c3cccc(N)c3)n[nH]2)c1. The predicted molar refractivity (Wildman–Crippen MR) is 94.3 cm³/mol. The van der Waals surface area contributed by atoms with Crippen LogP contribution in [-0.2, 0) is 6.42 Å². The Balaban J connectivity index is 1.61. The van der Waals surface area contributed by atoms with Crippen LogP contribution in [0, 0.1) is 13.8 Å². The summed E-state index contributed by atoms with van der Waals surface area (Å²) >= 11 is 0. The standard InChI is InChI=1S/C18H21N5/c1-12-8-13(2)10-16(9-12)20-7-6-17-21-18(23-22-17)14-4-3-5-15(19)11-14/h3-5,8-11,20H,6-7,19H2,1-2H3,(H,21,22,23). The molecule has 3 rings (SSSR count). The van der Waals surface area contributed by atoms with Crippen LogP contribution >= 0.6 is 0 Å². The molecule has 0 aliphatic heterocycles. The summed E-state index contributed by atoms with van der Waals surface area (Å²) in [6, 6.07) is 14.0. The zero-order valence-electron chi connectivity index (χ0n) is 13.4. The zero-order chi connectivity index (χ0) is 16.2. The number of aromatic nitrogens is 3. The van der Waals surface area contributed by atoms with Crippen molar-refractivity contribution in [2.75, 3.05) is 17.6 Å². The normalized spacial score (nSPS) is 10.7. The van der Waals surface area contributed by atoms with Crippen molar-refractivity contribution in [3.05, 3.63) is 59.4 Å². The first-order valence-corrected chi connectivity index (χ1v) is 7.69. The van der Waals surface area contributed by atoms with E-state index in [9.17, 15) is 0 Å². The fraction of sp³-hybridized carbons (Fsp3) is 0.222. The molecule has 0 atom stereocenters. The molecule has 0 unspecified atom stereocenters. The molecule has 0 fully saturated rings. The van der Waals surface area contributed by atoms with Crippen LogP contribution in [0.1, 0.15) is 17.0 Å². The zero-order valence-corrected chi connectivity index (χ0v) is 13.4. The van der Waals surface area contributed by atoms with Gasteiger partial charge in [0, 0.05) is 29.9 Å². The summed E-state index contributed by atoms with van der Waals surface area (Å²) in [5.41, 5.74) is 11.1. The van der Waals surface area contributed by atoms with E-state index in [0.29, 0.717) is 11.5 Å². The van der Waals surface area contributed by atoms with Gasteiger partial charge < -0.3 is 11.1 Å². The number of nitrogens with two attached hydrogens (primary N) is 1. The number of nitrogens with zero attached hydrogens (tertiary/aromatic N) is 2. The molecule has 0 aliphatic rings. The van der Waals surface area contributed by atoms with E-state index < -0.39 is 0 Å². The largest absolute Gasteiger partial charge is 0.399 e. The maximum absolute atomic E-state index is 5.80. The van der Waals surface area contributed by atoms with E-state index in [1.165, 1.54) is 11.1 Å². The monoisotopic (exact) mass is 307 g/mol. The van der Waals surface area contributed by atoms with Crippen molar-refractivity contribution in [1.29, 1.82) is 0 Å². The fourth-order valence-electron chi connectivity index (χ4n) is 2.62. The lowest BCUT2D eigenvalue weighted by atomic mass is 10.1. The molecule has 1 aromatic heterocycles. The molecule has 0 radical (unpaired) electrons. The second kappa shape index (κ2) is 6.52. The average Bonchev–Trinajstić information content (AvgIpc) is 2.95. The molecule has 3 aromatic rings. The number of nitrogens with one attached hydrogen (secondary N) is 2. The molecule has 2 aromatic carbocycles. The van der Waals surface area contributed by atoms with Crippen molar-refractivity contribution in [1.82, 2.24) is 15.2 Å². The van der Waals surface area contributed by atoms with Gasteiger partial charge >= 0.3 is 0 Å². The Kier molecular flexibility index (Phi) is 4.28. The molecule has 1 heterocycles. The van der Waals surface area contributed by atoms with Crippen LogP contribution in [0.4, 0.5) is 11.4 Å². The molecule has 5 heteroatoms. The first-order chi connectivity index (χ1) is 11.1. The third-order valence-corrected chi connectivity index (χ3v) is 3.59. The van der Waals surface area contributed by atoms with Gasteiger partial charge in [0.25, 0.3) is 0 Å². The van der Waals surface area contributed by atoms with E-state index in [4.69, 9.17) is 5.73 Å². The number of hydrogen-bond acceptors (Lipinski definition) is 4. The Morgan fingerprint density at radius 1 is 1.09 bits per heavy atom. The van der Waals surface area contributed by atoms with Crippen LogP contribution in [0.25, 0.3) is 11.4 Å². The number of anilines is 2. The quantitative estimate of drug-likeness (QED) is 0.632. The number of hydrogen-bond donors (Lipinski definition) is 3. The van der Waals surface area contributed by atoms with Crippen molar-refractivity contribution >= 4 is 11.4 Å². The van der Waals surface area contributed by atoms with E-state index in [2.05, 4.69) is 52.5 Å². The molecule has 0 saturated carbocycles. The summed E-state index contributed by atoms with van der Waals surface area (Å²) in [4.78, 5) is 4.53. The second-order valence-electron chi connectivity index (χ2n) is 5.78. The highest BCUT2D eigenvalue weighted by molar-refractivity contribution is 5.60. The smallest absolute Gasteiger partial charge is 0.181 e. The molecule has 4 N–H and O–H groups in total. The molecule has 0 bridgehead atoms. The maximum Gasteiger partial charge on any atom is 0.181 e. The van der Waals surface area contributed by atoms with Crippen molar-refractivity contribution < 1.29 is 0 Å². The minimum absolute atomic E-state index is 0.679. The van der Waals surface area contributed by atoms with Crippen molar-refractivity contribution in [3.8, 4) is 11.4 Å². The van der Waals surface area contributed by atoms with E-state index in [0.717, 1.165) is 30.0 Å². The second-order valence-corrected chi connectivity index (χ2v) is 5.78. The first-order valence-electron chi connectivity index (χ1n) is 7.69. The molecule has 0 saturated heterocycles. The lowest BCUT2D eigenvalue weighted by molar-refractivity contribution is 0.901. The highest BCUT2D eigenvalue weighted by Crippen LogP contribution is 2.17. The summed E-state index contributed by atoms with van der Waals surface area (Å²) in [5.74, 6) is 1.54. The molecule has 23 heavy (non-hydrogen) atoms. The topological polar surface area (TPSA) is 79.6 Å². The van der Waals surface area contributed by atoms with E-state index >= 15 is 0 Å². The summed E-state index contributed by atoms with van der Waals surface area (Å²) in [7, 11) is 0. The van der Waals surface area contributed by atoms with Crippen LogP contribution in [0.5, 0.6) is 0 Å². The van der Waals surface area contributed by atoms with Crippen LogP contribution in [0.3, 0.4) is 0 Å². The van der Waals surface area contributed by atoms with Gasteiger partial charge in [0.1, 0.15) is 5.82 Å². The summed E-state index contributed by atoms with van der Waals surface area (Å²) in [6.07, 6.45) is 0.780. The van der Waals surface area contributed by atoms with E-state index in [1.807, 2.05) is 24.3 Å². The Hall–Kier alpha value is -2.82. The Bertz CT molecular complexity index is 786. The van der Waals surface area contributed by atoms with Gasteiger partial charge in [-0.3, -0.25) is 5.10 Å². The van der Waals surface area contributed by atoms with Gasteiger partial charge in [-0.05, 0) is 49.2 Å². The summed E-state index contributed by atoms with van der Waals surface area (Å²) in [6.45, 7) is 5.01. The highest BCUT2D eigenvalue weighted by atomic mass is 15.2. The minimum Gasteiger partial charge on any atom is -0.399 e. The van der Waals surface area contributed by atoms with Gasteiger partial charge in [-0.25, -0.2) is 4.98 Å². The average molecular weight is 307 g/mol. The predicted octanol–water partition coefficient (Wildman–Crippen LogP) is 3.33. The summed E-state index contributed by atoms with van der Waals surface area (Å²) < 4.78 is 0. The number of aromatic amines is 1. The summed E-state index contributed by atoms with van der Waals surface area (Å²) in [5, 5.41) is 10.7. The minimum atomic E-state index is 0.679. The maximum atomic E-state index is 5.80. The van der Waals surface area contributed by atoms with E-state index in [-0.39, 0.29) is 0 Å². The third kappa shape index (κ3) is 3.88. The number of benzene rings is 2. The first kappa shape index (κ1) is 15.1. The van der Waals surface area contributed by atoms with Crippen molar-refractivity contribution in [2.24, 2.45) is 0 Å². The number of rotatable bonds is 5. The Morgan fingerprint density at radius 2 is 1.87 bits per heavy atom. The molecule has 0 aliphatic carbocycles. The highest BCUT2D eigenvalue weighted by Gasteiger charge is 2.06. The van der Waals surface area contributed by atoms with Gasteiger partial charge in [0.15, 0.2) is 5.82 Å². The van der Waals surface area contributed by atoms with Crippen molar-refractivity contribution in [2.45, 2.75) is 20.3 Å². The van der Waals surface area contributed by atoms with Gasteiger partial charge in [0.05, 0.1) is 0 Å². The number of H-pyrrole nitrogens is 1. The van der Waals surface area contributed by atoms with Crippen LogP contribution in [0.2, 0.25) is 0 Å². The molecule has 0 amide bonds. The van der Waals surface area contributed by atoms with Crippen LogP contribution in [0.15, 0.2) is 42.5 Å². The molecular formula is C18H21N5. The molecular weight excluding hydrogens is 286 g/mol. The number of nitrogen functional groups attached to an aromatic ring is 1. The van der Waals surface area contributed by atoms with Gasteiger partial charge in [0.2, 0.25) is 0 Å². The van der Waals surface area contributed by atoms with Crippen LogP contribution < -0.4 is 11.1 Å². The van der Waals surface area contributed by atoms with Crippen LogP contribution in [-0.4, -0.2) is 21.7 Å². The third-order valence-electron chi connectivity index (χ3n) is 3.59. The van der Waals surface area contributed by atoms with Gasteiger partial charge in [-0.2, -0.15) is 5.10 Å². The Labute approximate surface area is 136 Å². The van der Waals surface area contributed by atoms with E-state index in [1.54, 1.807) is 0 Å². The molecule has 5 nitrogen and oxygen atoms in total. The Morgan fingerprint density at radius 3 is 2.61 bits per heavy atom. The lowest BCUT2D eigenvalue weighted by Gasteiger charge is -2.07. The lowest BCUT2D eigenvalue weighted by Crippen LogP contribution is -2.06. The molecule has 0 spiro atoms. The number of aryl methyl sites for hydroxylation is 2. The molecule has 118 valence electrons. The van der Waals surface area contributed by atoms with Gasteiger partial charge in [-0.15, -0.1) is 0 Å². The van der Waals surface area contributed by atoms with Crippen molar-refractivity contribution in [3.63, 3.8) is 0 Å².